The van der Waals surface area contributed by atoms with Gasteiger partial charge < -0.3 is 14.2 Å². The Bertz CT molecular complexity index is 1540. The van der Waals surface area contributed by atoms with Gasteiger partial charge in [0, 0.05) is 19.3 Å². The van der Waals surface area contributed by atoms with Crippen molar-refractivity contribution >= 4 is 17.9 Å². The van der Waals surface area contributed by atoms with Crippen molar-refractivity contribution in [2.45, 2.75) is 303 Å². The fourth-order valence-electron chi connectivity index (χ4n) is 8.77. The summed E-state index contributed by atoms with van der Waals surface area (Å²) in [5, 5.41) is 0. The van der Waals surface area contributed by atoms with Crippen LogP contribution in [0.5, 0.6) is 0 Å². The lowest BCUT2D eigenvalue weighted by Gasteiger charge is -2.18. The summed E-state index contributed by atoms with van der Waals surface area (Å²) in [5.74, 6) is -0.905. The first kappa shape index (κ1) is 72.1. The van der Waals surface area contributed by atoms with Gasteiger partial charge in [0.2, 0.25) is 0 Å². The Morgan fingerprint density at radius 1 is 0.276 bits per heavy atom. The maximum atomic E-state index is 12.9. The number of hydrogen-bond acceptors (Lipinski definition) is 6. The molecule has 0 aromatic carbocycles. The number of ether oxygens (including phenoxy) is 3. The van der Waals surface area contributed by atoms with Crippen LogP contribution >= 0.6 is 0 Å². The largest absolute Gasteiger partial charge is 0.462 e. The van der Waals surface area contributed by atoms with Crippen LogP contribution in [0.25, 0.3) is 0 Å². The smallest absolute Gasteiger partial charge is 0.306 e. The van der Waals surface area contributed by atoms with E-state index in [1.165, 1.54) is 128 Å². The van der Waals surface area contributed by atoms with Gasteiger partial charge in [-0.05, 0) is 122 Å². The minimum atomic E-state index is -0.792. The van der Waals surface area contributed by atoms with Gasteiger partial charge in [-0.15, -0.1) is 0 Å². The third-order valence-electron chi connectivity index (χ3n) is 13.5. The zero-order chi connectivity index (χ0) is 55.0. The molecule has 0 aromatic heterocycles. The van der Waals surface area contributed by atoms with Crippen LogP contribution in [0.2, 0.25) is 0 Å². The predicted octanol–water partition coefficient (Wildman–Crippen LogP) is 21.8. The molecule has 0 aromatic rings. The topological polar surface area (TPSA) is 78.9 Å². The van der Waals surface area contributed by atoms with E-state index in [1.807, 2.05) is 0 Å². The molecule has 0 N–H and O–H groups in total. The lowest BCUT2D eigenvalue weighted by molar-refractivity contribution is -0.167. The van der Waals surface area contributed by atoms with E-state index in [4.69, 9.17) is 14.2 Å². The highest BCUT2D eigenvalue weighted by atomic mass is 16.6. The maximum Gasteiger partial charge on any atom is 0.306 e. The van der Waals surface area contributed by atoms with Crippen molar-refractivity contribution in [2.75, 3.05) is 13.2 Å². The van der Waals surface area contributed by atoms with Crippen LogP contribution in [-0.4, -0.2) is 37.2 Å². The average molecular weight is 1060 g/mol. The van der Waals surface area contributed by atoms with E-state index in [1.54, 1.807) is 0 Å². The first-order valence-electron chi connectivity index (χ1n) is 31.9. The van der Waals surface area contributed by atoms with Crippen molar-refractivity contribution in [3.63, 3.8) is 0 Å². The van der Waals surface area contributed by atoms with Crippen LogP contribution < -0.4 is 0 Å². The first-order valence-corrected chi connectivity index (χ1v) is 31.9. The van der Waals surface area contributed by atoms with Crippen molar-refractivity contribution in [3.8, 4) is 0 Å². The van der Waals surface area contributed by atoms with E-state index in [0.717, 1.165) is 128 Å². The van der Waals surface area contributed by atoms with Crippen LogP contribution in [0.1, 0.15) is 297 Å². The summed E-state index contributed by atoms with van der Waals surface area (Å²) < 4.78 is 16.9. The van der Waals surface area contributed by atoms with Gasteiger partial charge >= 0.3 is 17.9 Å². The molecule has 0 heterocycles. The van der Waals surface area contributed by atoms with E-state index >= 15 is 0 Å². The molecule has 1 atom stereocenters. The van der Waals surface area contributed by atoms with Crippen LogP contribution in [0.4, 0.5) is 0 Å². The minimum absolute atomic E-state index is 0.0876. The number of carbonyl (C=O) groups excluding carboxylic acids is 3. The fourth-order valence-corrected chi connectivity index (χ4v) is 8.77. The van der Waals surface area contributed by atoms with Crippen molar-refractivity contribution in [1.82, 2.24) is 0 Å². The third-order valence-corrected chi connectivity index (χ3v) is 13.5. The Hall–Kier alpha value is -3.93. The minimum Gasteiger partial charge on any atom is -0.462 e. The average Bonchev–Trinajstić information content (AvgIpc) is 3.42. The molecule has 434 valence electrons. The van der Waals surface area contributed by atoms with Crippen molar-refractivity contribution in [3.05, 3.63) is 109 Å². The normalized spacial score (nSPS) is 12.8. The summed E-state index contributed by atoms with van der Waals surface area (Å²) in [4.78, 5) is 38.3. The molecule has 1 unspecified atom stereocenters. The van der Waals surface area contributed by atoms with Crippen LogP contribution in [0, 0.1) is 0 Å². The van der Waals surface area contributed by atoms with Gasteiger partial charge in [-0.2, -0.15) is 0 Å². The quantitative estimate of drug-likeness (QED) is 0.0261. The van der Waals surface area contributed by atoms with Gasteiger partial charge in [-0.25, -0.2) is 0 Å². The molecule has 0 amide bonds. The molecule has 6 nitrogen and oxygen atoms in total. The summed E-state index contributed by atoms with van der Waals surface area (Å²) in [6.45, 7) is 6.41. The molecule has 0 spiro atoms. The molecule has 0 saturated heterocycles. The van der Waals surface area contributed by atoms with E-state index < -0.39 is 6.10 Å². The maximum absolute atomic E-state index is 12.9. The molecule has 0 bridgehead atoms. The summed E-state index contributed by atoms with van der Waals surface area (Å²) in [6, 6.07) is 0. The summed E-state index contributed by atoms with van der Waals surface area (Å²) >= 11 is 0. The molecule has 0 fully saturated rings. The second-order valence-corrected chi connectivity index (χ2v) is 20.9. The highest BCUT2D eigenvalue weighted by Crippen LogP contribution is 2.16. The fraction of sp³-hybridized carbons (Fsp3) is 0.700. The van der Waals surface area contributed by atoms with E-state index in [-0.39, 0.29) is 31.1 Å². The Kier molecular flexibility index (Phi) is 60.3. The highest BCUT2D eigenvalue weighted by Gasteiger charge is 2.19. The number of allylic oxidation sites excluding steroid dienone is 18. The molecule has 0 aliphatic carbocycles. The standard InChI is InChI=1S/C70H118O6/c1-4-7-10-13-16-19-22-25-28-30-32-33-34-35-36-37-39-40-42-45-48-51-54-57-60-63-69(72)75-66-67(65-74-68(71)62-59-56-53-50-47-44-27-24-21-18-15-12-9-6-3)76-70(73)64-61-58-55-52-49-46-43-41-38-31-29-26-23-20-17-14-11-8-5-2/h7-8,10-11,16-17,19-20,24-29,32-33,38,41,67H,4-6,9,12-15,18,21-23,30-31,34-37,39-40,42-66H2,1-3H3/b10-7-,11-8-,19-16-,20-17-,27-24-,28-25-,29-26-,33-32-,41-38-. The lowest BCUT2D eigenvalue weighted by atomic mass is 10.0. The van der Waals surface area contributed by atoms with E-state index in [0.29, 0.717) is 19.3 Å². The number of esters is 3. The Morgan fingerprint density at radius 2 is 0.513 bits per heavy atom. The van der Waals surface area contributed by atoms with Gasteiger partial charge in [-0.1, -0.05) is 265 Å². The van der Waals surface area contributed by atoms with Gasteiger partial charge in [0.25, 0.3) is 0 Å². The molecule has 0 aliphatic rings. The van der Waals surface area contributed by atoms with E-state index in [9.17, 15) is 14.4 Å². The van der Waals surface area contributed by atoms with Gasteiger partial charge in [0.15, 0.2) is 6.10 Å². The van der Waals surface area contributed by atoms with Gasteiger partial charge in [-0.3, -0.25) is 14.4 Å². The first-order chi connectivity index (χ1) is 37.5. The Labute approximate surface area is 470 Å². The number of unbranched alkanes of at least 4 members (excludes halogenated alkanes) is 28. The van der Waals surface area contributed by atoms with Crippen LogP contribution in [-0.2, 0) is 28.6 Å². The lowest BCUT2D eigenvalue weighted by Crippen LogP contribution is -2.30. The molecule has 0 aliphatic heterocycles. The van der Waals surface area contributed by atoms with Gasteiger partial charge in [0.1, 0.15) is 13.2 Å². The zero-order valence-electron chi connectivity index (χ0n) is 49.7. The molecule has 0 saturated carbocycles. The number of hydrogen-bond donors (Lipinski definition) is 0. The molecule has 6 heteroatoms. The second kappa shape index (κ2) is 63.6. The molecule has 0 radical (unpaired) electrons. The number of carbonyl (C=O) groups is 3. The van der Waals surface area contributed by atoms with Gasteiger partial charge in [0.05, 0.1) is 0 Å². The molecular weight excluding hydrogens is 937 g/mol. The summed E-state index contributed by atoms with van der Waals surface area (Å²) in [5.41, 5.74) is 0. The summed E-state index contributed by atoms with van der Waals surface area (Å²) in [6.07, 6.45) is 86.6. The highest BCUT2D eigenvalue weighted by molar-refractivity contribution is 5.71. The Morgan fingerprint density at radius 3 is 0.816 bits per heavy atom. The molecule has 76 heavy (non-hydrogen) atoms. The third kappa shape index (κ3) is 60.9. The van der Waals surface area contributed by atoms with Crippen LogP contribution in [0.3, 0.4) is 0 Å². The molecule has 0 rings (SSSR count). The summed E-state index contributed by atoms with van der Waals surface area (Å²) in [7, 11) is 0. The van der Waals surface area contributed by atoms with E-state index in [2.05, 4.69) is 130 Å². The second-order valence-electron chi connectivity index (χ2n) is 20.9. The van der Waals surface area contributed by atoms with Crippen molar-refractivity contribution in [1.29, 1.82) is 0 Å². The number of rotatable bonds is 57. The monoisotopic (exact) mass is 1050 g/mol. The van der Waals surface area contributed by atoms with Crippen LogP contribution in [0.15, 0.2) is 109 Å². The predicted molar refractivity (Wildman–Crippen MR) is 330 cm³/mol. The molecular formula is C70H118O6. The van der Waals surface area contributed by atoms with Crippen molar-refractivity contribution < 1.29 is 28.6 Å². The van der Waals surface area contributed by atoms with Crippen molar-refractivity contribution in [2.24, 2.45) is 0 Å². The Balaban J connectivity index is 4.36. The zero-order valence-corrected chi connectivity index (χ0v) is 49.7. The SMILES string of the molecule is CC/C=C\C/C=C\C/C=C\C/C=C\CCCCCCCCCCCCCCC(=O)OCC(COC(=O)CCCCCCC/C=C\CCCCCCC)OC(=O)CCCCCCCC/C=C\C/C=C\C/C=C\C/C=C\CC.